The second-order valence-electron chi connectivity index (χ2n) is 3.95. The molecule has 0 atom stereocenters. The summed E-state index contributed by atoms with van der Waals surface area (Å²) in [6.45, 7) is 0.831. The maximum Gasteiger partial charge on any atom is 0.322 e. The number of rotatable bonds is 6. The zero-order valence-electron chi connectivity index (χ0n) is 11.6. The standard InChI is InChI=1S/C14H15NO6/c1-9(16)21-11-5-3-10(7-12(11)20-2)4-6-13(17)15-8-14(18)19/h3-7H,8H2,1-2H3,(H,15,17)(H,18,19)/b6-4+. The third-order valence-corrected chi connectivity index (χ3v) is 2.28. The van der Waals surface area contributed by atoms with Gasteiger partial charge in [-0.05, 0) is 23.8 Å². The van der Waals surface area contributed by atoms with Gasteiger partial charge in [-0.25, -0.2) is 0 Å². The second-order valence-corrected chi connectivity index (χ2v) is 3.95. The van der Waals surface area contributed by atoms with Gasteiger partial charge in [-0.3, -0.25) is 14.4 Å². The van der Waals surface area contributed by atoms with Crippen molar-refractivity contribution in [2.75, 3.05) is 13.7 Å². The van der Waals surface area contributed by atoms with Crippen LogP contribution in [0.1, 0.15) is 12.5 Å². The fourth-order valence-electron chi connectivity index (χ4n) is 1.42. The lowest BCUT2D eigenvalue weighted by molar-refractivity contribution is -0.137. The van der Waals surface area contributed by atoms with Crippen molar-refractivity contribution in [2.24, 2.45) is 0 Å². The Balaban J connectivity index is 2.78. The van der Waals surface area contributed by atoms with E-state index in [1.807, 2.05) is 0 Å². The Hall–Kier alpha value is -2.83. The zero-order valence-corrected chi connectivity index (χ0v) is 11.6. The van der Waals surface area contributed by atoms with E-state index in [0.717, 1.165) is 0 Å². The molecule has 0 aliphatic rings. The first kappa shape index (κ1) is 16.2. The van der Waals surface area contributed by atoms with Crippen molar-refractivity contribution in [1.29, 1.82) is 0 Å². The first-order valence-corrected chi connectivity index (χ1v) is 5.96. The lowest BCUT2D eigenvalue weighted by Crippen LogP contribution is -2.27. The van der Waals surface area contributed by atoms with Gasteiger partial charge >= 0.3 is 11.9 Å². The first-order valence-electron chi connectivity index (χ1n) is 5.96. The van der Waals surface area contributed by atoms with Crippen molar-refractivity contribution in [3.8, 4) is 11.5 Å². The van der Waals surface area contributed by atoms with Gasteiger partial charge in [0.05, 0.1) is 7.11 Å². The predicted molar refractivity (Wildman–Crippen MR) is 74.0 cm³/mol. The summed E-state index contributed by atoms with van der Waals surface area (Å²) in [4.78, 5) is 32.5. The predicted octanol–water partition coefficient (Wildman–Crippen LogP) is 0.834. The number of hydrogen-bond acceptors (Lipinski definition) is 5. The highest BCUT2D eigenvalue weighted by Gasteiger charge is 2.07. The van der Waals surface area contributed by atoms with Gasteiger partial charge in [0.2, 0.25) is 5.91 Å². The van der Waals surface area contributed by atoms with Crippen LogP contribution in [0.5, 0.6) is 11.5 Å². The summed E-state index contributed by atoms with van der Waals surface area (Å²) in [5.41, 5.74) is 0.633. The van der Waals surface area contributed by atoms with Crippen LogP contribution in [-0.2, 0) is 14.4 Å². The van der Waals surface area contributed by atoms with Crippen LogP contribution in [0, 0.1) is 0 Å². The number of carbonyl (C=O) groups is 3. The molecule has 0 fully saturated rings. The monoisotopic (exact) mass is 293 g/mol. The van der Waals surface area contributed by atoms with Crippen LogP contribution >= 0.6 is 0 Å². The number of carboxylic acids is 1. The van der Waals surface area contributed by atoms with Gasteiger partial charge < -0.3 is 19.9 Å². The van der Waals surface area contributed by atoms with E-state index in [2.05, 4.69) is 5.32 Å². The van der Waals surface area contributed by atoms with E-state index < -0.39 is 24.4 Å². The molecule has 0 saturated carbocycles. The maximum absolute atomic E-state index is 11.3. The summed E-state index contributed by atoms with van der Waals surface area (Å²) >= 11 is 0. The zero-order chi connectivity index (χ0) is 15.8. The largest absolute Gasteiger partial charge is 0.493 e. The molecule has 112 valence electrons. The molecule has 7 nitrogen and oxygen atoms in total. The molecule has 0 bridgehead atoms. The molecule has 0 radical (unpaired) electrons. The van der Waals surface area contributed by atoms with E-state index in [1.165, 1.54) is 32.3 Å². The average Bonchev–Trinajstić information content (AvgIpc) is 2.43. The number of methoxy groups -OCH3 is 1. The van der Waals surface area contributed by atoms with Crippen LogP contribution in [0.4, 0.5) is 0 Å². The van der Waals surface area contributed by atoms with E-state index in [-0.39, 0.29) is 5.75 Å². The summed E-state index contributed by atoms with van der Waals surface area (Å²) in [6, 6.07) is 4.75. The summed E-state index contributed by atoms with van der Waals surface area (Å²) in [6.07, 6.45) is 2.68. The van der Waals surface area contributed by atoms with Crippen molar-refractivity contribution < 1.29 is 29.0 Å². The summed E-state index contributed by atoms with van der Waals surface area (Å²) in [7, 11) is 1.43. The van der Waals surface area contributed by atoms with Crippen LogP contribution in [0.15, 0.2) is 24.3 Å². The molecular formula is C14H15NO6. The van der Waals surface area contributed by atoms with Crippen molar-refractivity contribution in [2.45, 2.75) is 6.92 Å². The van der Waals surface area contributed by atoms with Gasteiger partial charge in [-0.1, -0.05) is 6.07 Å². The highest BCUT2D eigenvalue weighted by Crippen LogP contribution is 2.28. The third-order valence-electron chi connectivity index (χ3n) is 2.28. The normalized spacial score (nSPS) is 10.2. The van der Waals surface area contributed by atoms with Crippen molar-refractivity contribution in [1.82, 2.24) is 5.32 Å². The molecular weight excluding hydrogens is 278 g/mol. The minimum atomic E-state index is -1.12. The highest BCUT2D eigenvalue weighted by atomic mass is 16.6. The molecule has 0 aliphatic carbocycles. The van der Waals surface area contributed by atoms with Gasteiger partial charge in [0.25, 0.3) is 0 Å². The molecule has 0 heterocycles. The molecule has 1 aromatic rings. The van der Waals surface area contributed by atoms with Gasteiger partial charge in [-0.2, -0.15) is 0 Å². The van der Waals surface area contributed by atoms with Crippen LogP contribution in [0.3, 0.4) is 0 Å². The molecule has 7 heteroatoms. The van der Waals surface area contributed by atoms with E-state index >= 15 is 0 Å². The molecule has 21 heavy (non-hydrogen) atoms. The van der Waals surface area contributed by atoms with Gasteiger partial charge in [0.15, 0.2) is 11.5 Å². The maximum atomic E-state index is 11.3. The number of carbonyl (C=O) groups excluding carboxylic acids is 2. The smallest absolute Gasteiger partial charge is 0.322 e. The lowest BCUT2D eigenvalue weighted by Gasteiger charge is -2.08. The topological polar surface area (TPSA) is 102 Å². The number of aliphatic carboxylic acids is 1. The van der Waals surface area contributed by atoms with E-state index in [4.69, 9.17) is 14.6 Å². The molecule has 0 aliphatic heterocycles. The van der Waals surface area contributed by atoms with Crippen molar-refractivity contribution in [3.63, 3.8) is 0 Å². The second kappa shape index (κ2) is 7.68. The Morgan fingerprint density at radius 1 is 1.29 bits per heavy atom. The fourth-order valence-corrected chi connectivity index (χ4v) is 1.42. The Labute approximate surface area is 121 Å². The Kier molecular flexibility index (Phi) is 5.94. The molecule has 0 spiro atoms. The van der Waals surface area contributed by atoms with Gasteiger partial charge in [0.1, 0.15) is 6.54 Å². The lowest BCUT2D eigenvalue weighted by atomic mass is 10.2. The molecule has 1 rings (SSSR count). The molecule has 0 unspecified atom stereocenters. The number of benzene rings is 1. The average molecular weight is 293 g/mol. The van der Waals surface area contributed by atoms with E-state index in [9.17, 15) is 14.4 Å². The number of carboxylic acid groups (broad SMARTS) is 1. The minimum absolute atomic E-state index is 0.275. The summed E-state index contributed by atoms with van der Waals surface area (Å²) in [5.74, 6) is -1.50. The van der Waals surface area contributed by atoms with E-state index in [1.54, 1.807) is 12.1 Å². The molecule has 2 N–H and O–H groups in total. The van der Waals surface area contributed by atoms with Crippen LogP contribution in [0.2, 0.25) is 0 Å². The number of hydrogen-bond donors (Lipinski definition) is 2. The fraction of sp³-hybridized carbons (Fsp3) is 0.214. The molecule has 1 aromatic carbocycles. The Morgan fingerprint density at radius 3 is 2.57 bits per heavy atom. The van der Waals surface area contributed by atoms with Crippen LogP contribution < -0.4 is 14.8 Å². The molecule has 0 aromatic heterocycles. The van der Waals surface area contributed by atoms with Crippen molar-refractivity contribution >= 4 is 23.9 Å². The highest BCUT2D eigenvalue weighted by molar-refractivity contribution is 5.93. The van der Waals surface area contributed by atoms with Gasteiger partial charge in [0, 0.05) is 13.0 Å². The molecule has 1 amide bonds. The third kappa shape index (κ3) is 5.77. The minimum Gasteiger partial charge on any atom is -0.493 e. The first-order chi connectivity index (χ1) is 9.92. The number of ether oxygens (including phenoxy) is 2. The van der Waals surface area contributed by atoms with E-state index in [0.29, 0.717) is 11.3 Å². The quantitative estimate of drug-likeness (QED) is 0.457. The summed E-state index contributed by atoms with van der Waals surface area (Å²) < 4.78 is 10.0. The van der Waals surface area contributed by atoms with Crippen LogP contribution in [-0.4, -0.2) is 36.6 Å². The molecule has 0 saturated heterocycles. The SMILES string of the molecule is COc1cc(/C=C/C(=O)NCC(=O)O)ccc1OC(C)=O. The Bertz CT molecular complexity index is 579. The van der Waals surface area contributed by atoms with Crippen molar-refractivity contribution in [3.05, 3.63) is 29.8 Å². The number of esters is 1. The summed E-state index contributed by atoms with van der Waals surface area (Å²) in [5, 5.41) is 10.6. The number of nitrogens with one attached hydrogen (secondary N) is 1. The Morgan fingerprint density at radius 2 is 2.00 bits per heavy atom. The van der Waals surface area contributed by atoms with Crippen LogP contribution in [0.25, 0.3) is 6.08 Å². The van der Waals surface area contributed by atoms with Gasteiger partial charge in [-0.15, -0.1) is 0 Å². The number of amides is 1.